The van der Waals surface area contributed by atoms with Crippen molar-refractivity contribution in [3.8, 4) is 0 Å². The molecular formula is C7H13NO5P+. The van der Waals surface area contributed by atoms with Crippen LogP contribution in [-0.2, 0) is 14.2 Å². The summed E-state index contributed by atoms with van der Waals surface area (Å²) in [5.41, 5.74) is 0. The first-order valence-electron chi connectivity index (χ1n) is 4.00. The first-order chi connectivity index (χ1) is 6.47. The van der Waals surface area contributed by atoms with Gasteiger partial charge in [-0.1, -0.05) is 4.57 Å². The van der Waals surface area contributed by atoms with E-state index in [9.17, 15) is 14.2 Å². The Morgan fingerprint density at radius 2 is 2.07 bits per heavy atom. The van der Waals surface area contributed by atoms with Gasteiger partial charge in [-0.3, -0.25) is 4.79 Å². The number of amides is 1. The Morgan fingerprint density at radius 3 is 2.43 bits per heavy atom. The summed E-state index contributed by atoms with van der Waals surface area (Å²) < 4.78 is 10.8. The largest absolute Gasteiger partial charge is 0.480 e. The molecule has 0 radical (unpaired) electrons. The Morgan fingerprint density at radius 1 is 1.50 bits per heavy atom. The highest BCUT2D eigenvalue weighted by atomic mass is 31.1. The van der Waals surface area contributed by atoms with Crippen molar-refractivity contribution in [1.29, 1.82) is 0 Å². The van der Waals surface area contributed by atoms with Gasteiger partial charge in [0.15, 0.2) is 6.16 Å². The fraction of sp³-hybridized carbons (Fsp3) is 0.714. The topological polar surface area (TPSA) is 104 Å². The number of carboxylic acids is 1. The summed E-state index contributed by atoms with van der Waals surface area (Å²) >= 11 is 0. The number of aliphatic hydroxyl groups excluding tert-OH is 1. The molecule has 0 aliphatic rings. The number of aliphatic carboxylic acids is 1. The SMILES string of the molecule is CC(=O)NC(CC[P+](=O)CO)C(=O)O. The molecule has 0 aromatic rings. The molecule has 3 N–H and O–H groups in total. The molecule has 0 aliphatic carbocycles. The van der Waals surface area contributed by atoms with Crippen molar-refractivity contribution in [3.05, 3.63) is 0 Å². The fourth-order valence-electron chi connectivity index (χ4n) is 0.847. The van der Waals surface area contributed by atoms with Crippen LogP contribution in [0, 0.1) is 0 Å². The van der Waals surface area contributed by atoms with Gasteiger partial charge in [-0.2, -0.15) is 0 Å². The first-order valence-corrected chi connectivity index (χ1v) is 5.63. The van der Waals surface area contributed by atoms with Crippen molar-refractivity contribution in [1.82, 2.24) is 5.32 Å². The van der Waals surface area contributed by atoms with Gasteiger partial charge in [-0.15, -0.1) is 0 Å². The lowest BCUT2D eigenvalue weighted by Gasteiger charge is -2.09. The predicted octanol–water partition coefficient (Wildman–Crippen LogP) is -0.257. The predicted molar refractivity (Wildman–Crippen MR) is 49.4 cm³/mol. The Balaban J connectivity index is 4.04. The molecule has 0 heterocycles. The number of hydrogen-bond acceptors (Lipinski definition) is 4. The molecule has 0 saturated heterocycles. The van der Waals surface area contributed by atoms with Crippen LogP contribution >= 0.6 is 7.80 Å². The van der Waals surface area contributed by atoms with Gasteiger partial charge in [0.25, 0.3) is 0 Å². The third-order valence-electron chi connectivity index (χ3n) is 1.50. The van der Waals surface area contributed by atoms with E-state index in [1.165, 1.54) is 6.92 Å². The van der Waals surface area contributed by atoms with Crippen molar-refractivity contribution in [2.24, 2.45) is 0 Å². The molecule has 0 aromatic carbocycles. The number of carbonyl (C=O) groups excluding carboxylic acids is 1. The highest BCUT2D eigenvalue weighted by Crippen LogP contribution is 2.19. The Kier molecular flexibility index (Phi) is 5.99. The van der Waals surface area contributed by atoms with Gasteiger partial charge < -0.3 is 15.5 Å². The monoisotopic (exact) mass is 222 g/mol. The van der Waals surface area contributed by atoms with Crippen LogP contribution < -0.4 is 5.32 Å². The van der Waals surface area contributed by atoms with Crippen LogP contribution in [0.4, 0.5) is 0 Å². The molecule has 2 atom stereocenters. The highest BCUT2D eigenvalue weighted by molar-refractivity contribution is 7.44. The smallest absolute Gasteiger partial charge is 0.366 e. The summed E-state index contributed by atoms with van der Waals surface area (Å²) in [6.07, 6.45) is -0.310. The zero-order valence-corrected chi connectivity index (χ0v) is 8.66. The highest BCUT2D eigenvalue weighted by Gasteiger charge is 2.23. The van der Waals surface area contributed by atoms with Gasteiger partial charge in [0.1, 0.15) is 6.04 Å². The van der Waals surface area contributed by atoms with Gasteiger partial charge in [-0.25, -0.2) is 4.79 Å². The maximum atomic E-state index is 10.8. The lowest BCUT2D eigenvalue weighted by Crippen LogP contribution is -2.39. The molecule has 2 unspecified atom stereocenters. The lowest BCUT2D eigenvalue weighted by atomic mass is 10.2. The van der Waals surface area contributed by atoms with E-state index in [-0.39, 0.29) is 12.6 Å². The first kappa shape index (κ1) is 13.0. The second-order valence-electron chi connectivity index (χ2n) is 2.73. The molecule has 0 spiro atoms. The molecule has 80 valence electrons. The van der Waals surface area contributed by atoms with Crippen molar-refractivity contribution >= 4 is 19.7 Å². The summed E-state index contributed by atoms with van der Waals surface area (Å²) in [7, 11) is -1.77. The molecule has 0 rings (SSSR count). The fourth-order valence-corrected chi connectivity index (χ4v) is 1.53. The summed E-state index contributed by atoms with van der Waals surface area (Å²) in [5.74, 6) is -1.61. The lowest BCUT2D eigenvalue weighted by molar-refractivity contribution is -0.141. The third-order valence-corrected chi connectivity index (χ3v) is 2.57. The quantitative estimate of drug-likeness (QED) is 0.537. The van der Waals surface area contributed by atoms with E-state index < -0.39 is 32.1 Å². The van der Waals surface area contributed by atoms with Gasteiger partial charge in [0.2, 0.25) is 12.3 Å². The summed E-state index contributed by atoms with van der Waals surface area (Å²) in [6.45, 7) is 1.21. The Labute approximate surface area is 82.1 Å². The summed E-state index contributed by atoms with van der Waals surface area (Å²) in [5, 5.41) is 19.3. The minimum atomic E-state index is -1.77. The molecule has 0 fully saturated rings. The number of carbonyl (C=O) groups is 2. The second kappa shape index (κ2) is 6.45. The van der Waals surface area contributed by atoms with E-state index in [0.29, 0.717) is 0 Å². The maximum absolute atomic E-state index is 10.8. The van der Waals surface area contributed by atoms with Crippen molar-refractivity contribution in [3.63, 3.8) is 0 Å². The van der Waals surface area contributed by atoms with E-state index in [1.54, 1.807) is 0 Å². The molecule has 0 bridgehead atoms. The van der Waals surface area contributed by atoms with Crippen molar-refractivity contribution < 1.29 is 24.4 Å². The van der Waals surface area contributed by atoms with Gasteiger partial charge in [-0.05, 0) is 0 Å². The average molecular weight is 222 g/mol. The molecule has 0 aromatic heterocycles. The van der Waals surface area contributed by atoms with E-state index in [2.05, 4.69) is 5.32 Å². The van der Waals surface area contributed by atoms with E-state index >= 15 is 0 Å². The number of aliphatic hydroxyl groups is 1. The van der Waals surface area contributed by atoms with E-state index in [4.69, 9.17) is 10.2 Å². The zero-order valence-electron chi connectivity index (χ0n) is 7.77. The van der Waals surface area contributed by atoms with Crippen LogP contribution in [0.15, 0.2) is 0 Å². The molecule has 1 amide bonds. The number of hydrogen-bond donors (Lipinski definition) is 3. The van der Waals surface area contributed by atoms with Crippen LogP contribution in [0.3, 0.4) is 0 Å². The normalized spacial score (nSPS) is 13.1. The Bertz CT molecular complexity index is 242. The zero-order chi connectivity index (χ0) is 11.1. The number of rotatable bonds is 6. The third kappa shape index (κ3) is 5.61. The summed E-state index contributed by atoms with van der Waals surface area (Å²) in [4.78, 5) is 21.1. The van der Waals surface area contributed by atoms with Crippen LogP contribution in [0.1, 0.15) is 13.3 Å². The molecule has 0 aliphatic heterocycles. The number of carboxylic acid groups (broad SMARTS) is 1. The maximum Gasteiger partial charge on any atom is 0.366 e. The van der Waals surface area contributed by atoms with Crippen LogP contribution in [0.2, 0.25) is 0 Å². The minimum absolute atomic E-state index is 0.0602. The second-order valence-corrected chi connectivity index (χ2v) is 4.42. The van der Waals surface area contributed by atoms with Gasteiger partial charge in [0, 0.05) is 13.3 Å². The van der Waals surface area contributed by atoms with E-state index in [0.717, 1.165) is 0 Å². The Hall–Kier alpha value is -1.00. The minimum Gasteiger partial charge on any atom is -0.480 e. The van der Waals surface area contributed by atoms with Crippen LogP contribution in [0.25, 0.3) is 0 Å². The van der Waals surface area contributed by atoms with E-state index in [1.807, 2.05) is 0 Å². The molecule has 14 heavy (non-hydrogen) atoms. The standard InChI is InChI=1S/C7H12NO5P/c1-5(10)8-6(7(11)12)2-3-14(13)4-9/h6,9H,2-4H2,1H3,(H-,8,10,11,12)/p+1. The van der Waals surface area contributed by atoms with Crippen molar-refractivity contribution in [2.45, 2.75) is 19.4 Å². The average Bonchev–Trinajstić information content (AvgIpc) is 2.10. The molecular weight excluding hydrogens is 209 g/mol. The van der Waals surface area contributed by atoms with Crippen LogP contribution in [0.5, 0.6) is 0 Å². The molecule has 7 heteroatoms. The molecule has 6 nitrogen and oxygen atoms in total. The van der Waals surface area contributed by atoms with Gasteiger partial charge >= 0.3 is 13.8 Å². The van der Waals surface area contributed by atoms with Crippen LogP contribution in [-0.4, -0.2) is 40.6 Å². The summed E-state index contributed by atoms with van der Waals surface area (Å²) in [6, 6.07) is -1.03. The number of nitrogens with one attached hydrogen (secondary N) is 1. The van der Waals surface area contributed by atoms with Crippen molar-refractivity contribution in [2.75, 3.05) is 12.5 Å². The van der Waals surface area contributed by atoms with Gasteiger partial charge in [0.05, 0.1) is 0 Å². The molecule has 0 saturated carbocycles.